The van der Waals surface area contributed by atoms with Gasteiger partial charge in [0.15, 0.2) is 0 Å². The second-order valence-corrected chi connectivity index (χ2v) is 3.60. The number of benzene rings is 1. The molecular formula is C12H17N3O3. The van der Waals surface area contributed by atoms with E-state index in [2.05, 4.69) is 10.6 Å². The molecule has 0 aliphatic heterocycles. The van der Waals surface area contributed by atoms with Gasteiger partial charge in [0.05, 0.1) is 6.61 Å². The molecule has 1 rings (SSSR count). The molecule has 0 radical (unpaired) electrons. The van der Waals surface area contributed by atoms with Gasteiger partial charge in [0.2, 0.25) is 0 Å². The standard InChI is InChI=1S/C12H17N3O3/c13-5-6-14-11(17)9-1-3-10(4-2-9)12(18)15-7-8-16/h1-4,16H,5-8,13H2,(H,14,17)(H,15,18). The Bertz CT molecular complexity index is 365. The number of aliphatic hydroxyl groups is 1. The lowest BCUT2D eigenvalue weighted by atomic mass is 10.1. The topological polar surface area (TPSA) is 104 Å². The predicted molar refractivity (Wildman–Crippen MR) is 67.2 cm³/mol. The molecule has 0 saturated heterocycles. The SMILES string of the molecule is NCCNC(=O)c1ccc(C(=O)NCCO)cc1. The molecule has 0 bridgehead atoms. The number of hydrogen-bond acceptors (Lipinski definition) is 4. The fraction of sp³-hybridized carbons (Fsp3) is 0.333. The highest BCUT2D eigenvalue weighted by atomic mass is 16.3. The average molecular weight is 251 g/mol. The number of carbonyl (C=O) groups is 2. The monoisotopic (exact) mass is 251 g/mol. The second-order valence-electron chi connectivity index (χ2n) is 3.60. The van der Waals surface area contributed by atoms with Crippen molar-refractivity contribution in [2.45, 2.75) is 0 Å². The van der Waals surface area contributed by atoms with Crippen molar-refractivity contribution < 1.29 is 14.7 Å². The molecule has 0 unspecified atom stereocenters. The average Bonchev–Trinajstić information content (AvgIpc) is 2.42. The Labute approximate surface area is 105 Å². The molecule has 0 atom stereocenters. The molecule has 0 fully saturated rings. The normalized spacial score (nSPS) is 9.89. The molecule has 1 aromatic rings. The van der Waals surface area contributed by atoms with E-state index in [1.54, 1.807) is 24.3 Å². The Morgan fingerprint density at radius 1 is 1.00 bits per heavy atom. The van der Waals surface area contributed by atoms with Crippen LogP contribution in [0.4, 0.5) is 0 Å². The largest absolute Gasteiger partial charge is 0.395 e. The second kappa shape index (κ2) is 7.41. The van der Waals surface area contributed by atoms with Gasteiger partial charge in [-0.25, -0.2) is 0 Å². The van der Waals surface area contributed by atoms with Crippen molar-refractivity contribution >= 4 is 11.8 Å². The van der Waals surface area contributed by atoms with Crippen molar-refractivity contribution in [2.75, 3.05) is 26.2 Å². The quantitative estimate of drug-likeness (QED) is 0.525. The number of carbonyl (C=O) groups excluding carboxylic acids is 2. The molecule has 0 heterocycles. The van der Waals surface area contributed by atoms with Gasteiger partial charge in [0.25, 0.3) is 11.8 Å². The summed E-state index contributed by atoms with van der Waals surface area (Å²) in [4.78, 5) is 23.1. The highest BCUT2D eigenvalue weighted by Gasteiger charge is 2.07. The van der Waals surface area contributed by atoms with Crippen LogP contribution in [0, 0.1) is 0 Å². The van der Waals surface area contributed by atoms with E-state index in [9.17, 15) is 9.59 Å². The maximum Gasteiger partial charge on any atom is 0.251 e. The van der Waals surface area contributed by atoms with Crippen LogP contribution in [0.2, 0.25) is 0 Å². The third-order valence-electron chi connectivity index (χ3n) is 2.24. The first-order chi connectivity index (χ1) is 8.69. The number of nitrogens with one attached hydrogen (secondary N) is 2. The Balaban J connectivity index is 2.62. The maximum absolute atomic E-state index is 11.6. The van der Waals surface area contributed by atoms with Crippen molar-refractivity contribution in [1.29, 1.82) is 0 Å². The molecule has 0 aliphatic carbocycles. The Hall–Kier alpha value is -1.92. The van der Waals surface area contributed by atoms with Crippen molar-refractivity contribution in [2.24, 2.45) is 5.73 Å². The summed E-state index contributed by atoms with van der Waals surface area (Å²) in [5.41, 5.74) is 6.19. The van der Waals surface area contributed by atoms with Crippen LogP contribution >= 0.6 is 0 Å². The van der Waals surface area contributed by atoms with Crippen LogP contribution in [0.3, 0.4) is 0 Å². The van der Waals surface area contributed by atoms with Gasteiger partial charge in [-0.3, -0.25) is 9.59 Å². The van der Waals surface area contributed by atoms with Gasteiger partial charge in [-0.15, -0.1) is 0 Å². The minimum absolute atomic E-state index is 0.106. The molecule has 98 valence electrons. The molecule has 1 aromatic carbocycles. The zero-order valence-corrected chi connectivity index (χ0v) is 9.98. The van der Waals surface area contributed by atoms with E-state index >= 15 is 0 Å². The molecule has 6 nitrogen and oxygen atoms in total. The van der Waals surface area contributed by atoms with Gasteiger partial charge >= 0.3 is 0 Å². The highest BCUT2D eigenvalue weighted by molar-refractivity contribution is 5.97. The maximum atomic E-state index is 11.6. The van der Waals surface area contributed by atoms with Crippen LogP contribution in [0.5, 0.6) is 0 Å². The zero-order chi connectivity index (χ0) is 13.4. The molecule has 0 aliphatic rings. The van der Waals surface area contributed by atoms with Crippen LogP contribution in [0.15, 0.2) is 24.3 Å². The first-order valence-corrected chi connectivity index (χ1v) is 5.66. The number of amides is 2. The fourth-order valence-electron chi connectivity index (χ4n) is 1.33. The molecule has 0 aromatic heterocycles. The Kier molecular flexibility index (Phi) is 5.83. The summed E-state index contributed by atoms with van der Waals surface area (Å²) in [7, 11) is 0. The van der Waals surface area contributed by atoms with Crippen molar-refractivity contribution in [3.63, 3.8) is 0 Å². The lowest BCUT2D eigenvalue weighted by Crippen LogP contribution is -2.29. The molecule has 18 heavy (non-hydrogen) atoms. The van der Waals surface area contributed by atoms with Crippen LogP contribution in [-0.4, -0.2) is 43.2 Å². The zero-order valence-electron chi connectivity index (χ0n) is 9.98. The minimum Gasteiger partial charge on any atom is -0.395 e. The first kappa shape index (κ1) is 14.1. The smallest absolute Gasteiger partial charge is 0.251 e. The van der Waals surface area contributed by atoms with Crippen LogP contribution in [0.25, 0.3) is 0 Å². The molecule has 5 N–H and O–H groups in total. The summed E-state index contributed by atoms with van der Waals surface area (Å²) in [6, 6.07) is 6.26. The molecule has 0 saturated carbocycles. The molecule has 2 amide bonds. The highest BCUT2D eigenvalue weighted by Crippen LogP contribution is 2.04. The number of nitrogens with two attached hydrogens (primary N) is 1. The van der Waals surface area contributed by atoms with Gasteiger partial charge in [-0.2, -0.15) is 0 Å². The Morgan fingerprint density at radius 3 is 1.83 bits per heavy atom. The van der Waals surface area contributed by atoms with Crippen LogP contribution in [-0.2, 0) is 0 Å². The van der Waals surface area contributed by atoms with E-state index in [1.165, 1.54) is 0 Å². The van der Waals surface area contributed by atoms with E-state index in [-0.39, 0.29) is 25.0 Å². The van der Waals surface area contributed by atoms with Gasteiger partial charge in [-0.05, 0) is 24.3 Å². The lowest BCUT2D eigenvalue weighted by molar-refractivity contribution is 0.0937. The third-order valence-corrected chi connectivity index (χ3v) is 2.24. The summed E-state index contributed by atoms with van der Waals surface area (Å²) in [5, 5.41) is 13.7. The first-order valence-electron chi connectivity index (χ1n) is 5.66. The van der Waals surface area contributed by atoms with E-state index < -0.39 is 0 Å². The number of hydrogen-bond donors (Lipinski definition) is 4. The minimum atomic E-state index is -0.280. The number of rotatable bonds is 6. The third kappa shape index (κ3) is 4.15. The lowest BCUT2D eigenvalue weighted by Gasteiger charge is -2.05. The van der Waals surface area contributed by atoms with Gasteiger partial charge in [0, 0.05) is 30.8 Å². The van der Waals surface area contributed by atoms with E-state index in [4.69, 9.17) is 10.8 Å². The Morgan fingerprint density at radius 2 is 1.44 bits per heavy atom. The van der Waals surface area contributed by atoms with E-state index in [0.717, 1.165) is 0 Å². The molecule has 6 heteroatoms. The van der Waals surface area contributed by atoms with Gasteiger partial charge in [0.1, 0.15) is 0 Å². The molecular weight excluding hydrogens is 234 g/mol. The summed E-state index contributed by atoms with van der Waals surface area (Å²) in [6.07, 6.45) is 0. The van der Waals surface area contributed by atoms with Gasteiger partial charge in [-0.1, -0.05) is 0 Å². The van der Waals surface area contributed by atoms with Gasteiger partial charge < -0.3 is 21.5 Å². The summed E-state index contributed by atoms with van der Waals surface area (Å²) < 4.78 is 0. The predicted octanol–water partition coefficient (Wildman–Crippen LogP) is -0.903. The fourth-order valence-corrected chi connectivity index (χ4v) is 1.33. The van der Waals surface area contributed by atoms with E-state index in [1.807, 2.05) is 0 Å². The van der Waals surface area contributed by atoms with Crippen LogP contribution in [0.1, 0.15) is 20.7 Å². The molecule has 0 spiro atoms. The summed E-state index contributed by atoms with van der Waals surface area (Å²) in [5.74, 6) is -0.499. The number of aliphatic hydroxyl groups excluding tert-OH is 1. The van der Waals surface area contributed by atoms with Crippen molar-refractivity contribution in [1.82, 2.24) is 10.6 Å². The summed E-state index contributed by atoms with van der Waals surface area (Å²) >= 11 is 0. The van der Waals surface area contributed by atoms with Crippen molar-refractivity contribution in [3.8, 4) is 0 Å². The van der Waals surface area contributed by atoms with Crippen LogP contribution < -0.4 is 16.4 Å². The summed E-state index contributed by atoms with van der Waals surface area (Å²) in [6.45, 7) is 0.897. The van der Waals surface area contributed by atoms with E-state index in [0.29, 0.717) is 24.2 Å². The van der Waals surface area contributed by atoms with Crippen molar-refractivity contribution in [3.05, 3.63) is 35.4 Å².